The number of likely N-dealkylation sites (N-methyl/N-ethyl adjacent to an activating group) is 1. The predicted molar refractivity (Wildman–Crippen MR) is 102 cm³/mol. The Morgan fingerprint density at radius 1 is 1.08 bits per heavy atom. The van der Waals surface area contributed by atoms with Crippen LogP contribution >= 0.6 is 0 Å². The smallest absolute Gasteiger partial charge is 0.234 e. The Balaban J connectivity index is 1.63. The fourth-order valence-electron chi connectivity index (χ4n) is 2.56. The van der Waals surface area contributed by atoms with E-state index in [4.69, 9.17) is 4.74 Å². The third-order valence-electron chi connectivity index (χ3n) is 3.95. The van der Waals surface area contributed by atoms with E-state index in [0.717, 1.165) is 12.3 Å². The molecular weight excluding hydrogens is 312 g/mol. The number of nitrogens with zero attached hydrogens (tertiary/aromatic N) is 1. The third-order valence-corrected chi connectivity index (χ3v) is 3.95. The fourth-order valence-corrected chi connectivity index (χ4v) is 2.56. The number of nitrogens with one attached hydrogen (secondary N) is 1. The van der Waals surface area contributed by atoms with Crippen LogP contribution in [0.5, 0.6) is 5.75 Å². The molecule has 0 radical (unpaired) electrons. The van der Waals surface area contributed by atoms with E-state index >= 15 is 0 Å². The van der Waals surface area contributed by atoms with Crippen molar-refractivity contribution in [1.82, 2.24) is 10.2 Å². The molecule has 0 fully saturated rings. The number of hydrogen-bond acceptors (Lipinski definition) is 3. The summed E-state index contributed by atoms with van der Waals surface area (Å²) in [6.07, 6.45) is 0. The number of carbonyl (C=O) groups is 1. The molecule has 0 saturated carbocycles. The van der Waals surface area contributed by atoms with E-state index in [1.54, 1.807) is 0 Å². The van der Waals surface area contributed by atoms with Crippen molar-refractivity contribution in [2.24, 2.45) is 0 Å². The van der Waals surface area contributed by atoms with Gasteiger partial charge in [-0.15, -0.1) is 0 Å². The Kier molecular flexibility index (Phi) is 7.48. The van der Waals surface area contributed by atoms with E-state index in [9.17, 15) is 4.79 Å². The first-order valence-corrected chi connectivity index (χ1v) is 8.76. The van der Waals surface area contributed by atoms with Crippen LogP contribution in [0.1, 0.15) is 30.9 Å². The van der Waals surface area contributed by atoms with Gasteiger partial charge in [0, 0.05) is 6.54 Å². The summed E-state index contributed by atoms with van der Waals surface area (Å²) in [6, 6.07) is 18.2. The van der Waals surface area contributed by atoms with Gasteiger partial charge in [0.2, 0.25) is 5.91 Å². The van der Waals surface area contributed by atoms with E-state index in [0.29, 0.717) is 25.6 Å². The molecule has 0 saturated heterocycles. The summed E-state index contributed by atoms with van der Waals surface area (Å²) >= 11 is 0. The third kappa shape index (κ3) is 6.98. The quantitative estimate of drug-likeness (QED) is 0.711. The van der Waals surface area contributed by atoms with Crippen LogP contribution in [0, 0.1) is 0 Å². The minimum Gasteiger partial charge on any atom is -0.492 e. The second-order valence-electron chi connectivity index (χ2n) is 6.58. The molecule has 1 amide bonds. The number of benzene rings is 2. The Morgan fingerprint density at radius 2 is 1.76 bits per heavy atom. The van der Waals surface area contributed by atoms with Crippen LogP contribution in [-0.2, 0) is 11.3 Å². The highest BCUT2D eigenvalue weighted by molar-refractivity contribution is 5.77. The van der Waals surface area contributed by atoms with Crippen molar-refractivity contribution in [1.29, 1.82) is 0 Å². The topological polar surface area (TPSA) is 41.6 Å². The molecule has 4 nitrogen and oxygen atoms in total. The molecule has 0 aliphatic carbocycles. The van der Waals surface area contributed by atoms with E-state index in [2.05, 4.69) is 43.4 Å². The van der Waals surface area contributed by atoms with Crippen molar-refractivity contribution < 1.29 is 9.53 Å². The lowest BCUT2D eigenvalue weighted by Gasteiger charge is -2.16. The van der Waals surface area contributed by atoms with E-state index in [1.807, 2.05) is 42.3 Å². The van der Waals surface area contributed by atoms with Crippen LogP contribution in [0.15, 0.2) is 54.6 Å². The van der Waals surface area contributed by atoms with E-state index in [-0.39, 0.29) is 5.91 Å². The minimum absolute atomic E-state index is 0.0113. The van der Waals surface area contributed by atoms with Crippen LogP contribution in [-0.4, -0.2) is 37.6 Å². The van der Waals surface area contributed by atoms with Crippen molar-refractivity contribution in [2.75, 3.05) is 26.7 Å². The first kappa shape index (κ1) is 19.0. The molecule has 0 bridgehead atoms. The van der Waals surface area contributed by atoms with Gasteiger partial charge >= 0.3 is 0 Å². The fraction of sp³-hybridized carbons (Fsp3) is 0.381. The second-order valence-corrected chi connectivity index (χ2v) is 6.58. The first-order valence-electron chi connectivity index (χ1n) is 8.76. The molecule has 0 aliphatic rings. The maximum Gasteiger partial charge on any atom is 0.234 e. The Bertz CT molecular complexity index is 639. The van der Waals surface area contributed by atoms with Crippen molar-refractivity contribution in [3.05, 3.63) is 65.7 Å². The zero-order chi connectivity index (χ0) is 18.1. The zero-order valence-corrected chi connectivity index (χ0v) is 15.4. The number of rotatable bonds is 9. The molecule has 134 valence electrons. The highest BCUT2D eigenvalue weighted by Gasteiger charge is 2.06. The van der Waals surface area contributed by atoms with Gasteiger partial charge in [0.25, 0.3) is 0 Å². The summed E-state index contributed by atoms with van der Waals surface area (Å²) in [4.78, 5) is 14.0. The highest BCUT2D eigenvalue weighted by atomic mass is 16.5. The molecule has 25 heavy (non-hydrogen) atoms. The highest BCUT2D eigenvalue weighted by Crippen LogP contribution is 2.18. The maximum atomic E-state index is 12.0. The Labute approximate surface area is 150 Å². The van der Waals surface area contributed by atoms with Crippen LogP contribution in [0.4, 0.5) is 0 Å². The molecule has 4 heteroatoms. The average Bonchev–Trinajstić information content (AvgIpc) is 2.60. The lowest BCUT2D eigenvalue weighted by molar-refractivity contribution is -0.122. The molecular formula is C21H28N2O2. The molecule has 2 rings (SSSR count). The SMILES string of the molecule is CC(C)c1ccc(OCCNC(=O)CN(C)Cc2ccccc2)cc1. The predicted octanol–water partition coefficient (Wildman–Crippen LogP) is 3.44. The van der Waals surface area contributed by atoms with Gasteiger partial charge in [0.05, 0.1) is 13.1 Å². The van der Waals surface area contributed by atoms with Gasteiger partial charge in [-0.2, -0.15) is 0 Å². The number of hydrogen-bond donors (Lipinski definition) is 1. The van der Waals surface area contributed by atoms with Crippen LogP contribution in [0.25, 0.3) is 0 Å². The van der Waals surface area contributed by atoms with Gasteiger partial charge in [-0.25, -0.2) is 0 Å². The molecule has 1 N–H and O–H groups in total. The standard InChI is InChI=1S/C21H28N2O2/c1-17(2)19-9-11-20(12-10-19)25-14-13-22-21(24)16-23(3)15-18-7-5-4-6-8-18/h4-12,17H,13-16H2,1-3H3,(H,22,24). The maximum absolute atomic E-state index is 12.0. The molecule has 0 unspecified atom stereocenters. The lowest BCUT2D eigenvalue weighted by Crippen LogP contribution is -2.36. The monoisotopic (exact) mass is 340 g/mol. The second kappa shape index (κ2) is 9.84. The van der Waals surface area contributed by atoms with Crippen LogP contribution < -0.4 is 10.1 Å². The number of amides is 1. The van der Waals surface area contributed by atoms with Crippen molar-refractivity contribution >= 4 is 5.91 Å². The molecule has 0 aliphatic heterocycles. The average molecular weight is 340 g/mol. The summed E-state index contributed by atoms with van der Waals surface area (Å²) < 4.78 is 5.66. The van der Waals surface area contributed by atoms with E-state index in [1.165, 1.54) is 11.1 Å². The number of ether oxygens (including phenoxy) is 1. The molecule has 0 aromatic heterocycles. The number of carbonyl (C=O) groups excluding carboxylic acids is 1. The van der Waals surface area contributed by atoms with E-state index < -0.39 is 0 Å². The summed E-state index contributed by atoms with van der Waals surface area (Å²) in [5, 5.41) is 2.89. The van der Waals surface area contributed by atoms with Crippen molar-refractivity contribution in [2.45, 2.75) is 26.3 Å². The first-order chi connectivity index (χ1) is 12.0. The molecule has 0 heterocycles. The van der Waals surface area contributed by atoms with Crippen LogP contribution in [0.3, 0.4) is 0 Å². The molecule has 0 atom stereocenters. The summed E-state index contributed by atoms with van der Waals surface area (Å²) in [5.74, 6) is 1.36. The van der Waals surface area contributed by atoms with Gasteiger partial charge in [-0.3, -0.25) is 9.69 Å². The summed E-state index contributed by atoms with van der Waals surface area (Å²) in [5.41, 5.74) is 2.49. The Hall–Kier alpha value is -2.33. The van der Waals surface area contributed by atoms with Crippen LogP contribution in [0.2, 0.25) is 0 Å². The normalized spacial score (nSPS) is 10.9. The van der Waals surface area contributed by atoms with Gasteiger partial charge in [0.1, 0.15) is 12.4 Å². The van der Waals surface area contributed by atoms with Gasteiger partial charge in [-0.1, -0.05) is 56.3 Å². The van der Waals surface area contributed by atoms with Gasteiger partial charge in [-0.05, 0) is 36.2 Å². The molecule has 0 spiro atoms. The minimum atomic E-state index is 0.0113. The summed E-state index contributed by atoms with van der Waals surface area (Å²) in [7, 11) is 1.94. The van der Waals surface area contributed by atoms with Crippen molar-refractivity contribution in [3.63, 3.8) is 0 Å². The Morgan fingerprint density at radius 3 is 2.40 bits per heavy atom. The zero-order valence-electron chi connectivity index (χ0n) is 15.4. The molecule has 2 aromatic carbocycles. The summed E-state index contributed by atoms with van der Waals surface area (Å²) in [6.45, 7) is 6.43. The largest absolute Gasteiger partial charge is 0.492 e. The van der Waals surface area contributed by atoms with Gasteiger partial charge in [0.15, 0.2) is 0 Å². The van der Waals surface area contributed by atoms with Crippen molar-refractivity contribution in [3.8, 4) is 5.75 Å². The van der Waals surface area contributed by atoms with Gasteiger partial charge < -0.3 is 10.1 Å². The lowest BCUT2D eigenvalue weighted by atomic mass is 10.0. The molecule has 2 aromatic rings.